The van der Waals surface area contributed by atoms with Crippen LogP contribution in [0.25, 0.3) is 0 Å². The van der Waals surface area contributed by atoms with E-state index in [1.165, 1.54) is 5.69 Å². The van der Waals surface area contributed by atoms with Gasteiger partial charge in [0.25, 0.3) is 0 Å². The molecule has 1 heterocycles. The molecular formula is C11H21N3. The van der Waals surface area contributed by atoms with Gasteiger partial charge in [0, 0.05) is 18.8 Å². The quantitative estimate of drug-likeness (QED) is 0.783. The van der Waals surface area contributed by atoms with Crippen LogP contribution in [-0.4, -0.2) is 9.78 Å². The third-order valence-corrected chi connectivity index (χ3v) is 2.78. The molecule has 3 heteroatoms. The Labute approximate surface area is 86.3 Å². The molecule has 0 aliphatic heterocycles. The van der Waals surface area contributed by atoms with E-state index in [-0.39, 0.29) is 6.04 Å². The number of nitrogens with zero attached hydrogens (tertiary/aromatic N) is 2. The predicted molar refractivity (Wildman–Crippen MR) is 58.9 cm³/mol. The topological polar surface area (TPSA) is 43.8 Å². The van der Waals surface area contributed by atoms with E-state index >= 15 is 0 Å². The Morgan fingerprint density at radius 3 is 2.79 bits per heavy atom. The van der Waals surface area contributed by atoms with Gasteiger partial charge in [-0.1, -0.05) is 27.2 Å². The van der Waals surface area contributed by atoms with Crippen LogP contribution < -0.4 is 5.73 Å². The van der Waals surface area contributed by atoms with Crippen molar-refractivity contribution in [2.45, 2.75) is 46.2 Å². The second kappa shape index (κ2) is 5.15. The first-order chi connectivity index (χ1) is 6.70. The van der Waals surface area contributed by atoms with Crippen molar-refractivity contribution in [1.82, 2.24) is 9.78 Å². The first kappa shape index (κ1) is 11.2. The summed E-state index contributed by atoms with van der Waals surface area (Å²) in [5.74, 6) is 0.516. The zero-order chi connectivity index (χ0) is 10.6. The summed E-state index contributed by atoms with van der Waals surface area (Å²) in [6, 6.07) is 2.15. The highest BCUT2D eigenvalue weighted by atomic mass is 15.3. The van der Waals surface area contributed by atoms with Crippen molar-refractivity contribution in [1.29, 1.82) is 0 Å². The minimum absolute atomic E-state index is 0.119. The Morgan fingerprint density at radius 1 is 1.50 bits per heavy atom. The fourth-order valence-electron chi connectivity index (χ4n) is 1.57. The summed E-state index contributed by atoms with van der Waals surface area (Å²) in [4.78, 5) is 0. The molecule has 3 nitrogen and oxygen atoms in total. The normalized spacial score (nSPS) is 15.4. The average molecular weight is 195 g/mol. The molecule has 0 saturated carbocycles. The largest absolute Gasteiger partial charge is 0.322 e. The van der Waals surface area contributed by atoms with Crippen molar-refractivity contribution in [2.75, 3.05) is 0 Å². The molecule has 0 aliphatic carbocycles. The molecule has 0 aromatic carbocycles. The van der Waals surface area contributed by atoms with Crippen molar-refractivity contribution >= 4 is 0 Å². The van der Waals surface area contributed by atoms with Crippen molar-refractivity contribution < 1.29 is 0 Å². The molecule has 0 spiro atoms. The highest BCUT2D eigenvalue weighted by molar-refractivity contribution is 5.07. The van der Waals surface area contributed by atoms with Crippen LogP contribution in [0.2, 0.25) is 0 Å². The van der Waals surface area contributed by atoms with E-state index in [1.807, 2.05) is 16.9 Å². The highest BCUT2D eigenvalue weighted by Crippen LogP contribution is 2.21. The Bertz CT molecular complexity index is 267. The molecular weight excluding hydrogens is 174 g/mol. The monoisotopic (exact) mass is 195 g/mol. The molecule has 14 heavy (non-hydrogen) atoms. The van der Waals surface area contributed by atoms with Gasteiger partial charge in [0.2, 0.25) is 0 Å². The average Bonchev–Trinajstić information content (AvgIpc) is 2.64. The minimum atomic E-state index is 0.119. The first-order valence-electron chi connectivity index (χ1n) is 5.48. The van der Waals surface area contributed by atoms with Crippen LogP contribution >= 0.6 is 0 Å². The molecule has 0 amide bonds. The Balaban J connectivity index is 2.77. The van der Waals surface area contributed by atoms with E-state index in [2.05, 4.69) is 25.9 Å². The molecule has 80 valence electrons. The number of rotatable bonds is 5. The van der Waals surface area contributed by atoms with Crippen molar-refractivity contribution in [3.63, 3.8) is 0 Å². The smallest absolute Gasteiger partial charge is 0.0554 e. The van der Waals surface area contributed by atoms with Gasteiger partial charge in [-0.05, 0) is 18.4 Å². The van der Waals surface area contributed by atoms with E-state index in [9.17, 15) is 0 Å². The van der Waals surface area contributed by atoms with Gasteiger partial charge in [0.15, 0.2) is 0 Å². The fourth-order valence-corrected chi connectivity index (χ4v) is 1.57. The van der Waals surface area contributed by atoms with Gasteiger partial charge in [-0.3, -0.25) is 4.68 Å². The second-order valence-electron chi connectivity index (χ2n) is 3.89. The fraction of sp³-hybridized carbons (Fsp3) is 0.727. The van der Waals surface area contributed by atoms with Crippen LogP contribution in [0.3, 0.4) is 0 Å². The standard InChI is InChI=1S/C11H21N3/c1-4-8-14-10(6-7-13-14)11(12)9(3)5-2/h6-7,9,11H,4-5,8,12H2,1-3H3. The maximum absolute atomic E-state index is 6.16. The van der Waals surface area contributed by atoms with Crippen molar-refractivity contribution in [2.24, 2.45) is 11.7 Å². The van der Waals surface area contributed by atoms with Gasteiger partial charge in [-0.25, -0.2) is 0 Å². The van der Waals surface area contributed by atoms with Gasteiger partial charge >= 0.3 is 0 Å². The number of hydrogen-bond acceptors (Lipinski definition) is 2. The van der Waals surface area contributed by atoms with Gasteiger partial charge in [-0.2, -0.15) is 5.10 Å². The highest BCUT2D eigenvalue weighted by Gasteiger charge is 2.16. The Kier molecular flexibility index (Phi) is 4.14. The lowest BCUT2D eigenvalue weighted by molar-refractivity contribution is 0.420. The minimum Gasteiger partial charge on any atom is -0.322 e. The number of hydrogen-bond donors (Lipinski definition) is 1. The zero-order valence-electron chi connectivity index (χ0n) is 9.40. The Morgan fingerprint density at radius 2 is 2.21 bits per heavy atom. The molecule has 2 unspecified atom stereocenters. The lowest BCUT2D eigenvalue weighted by Crippen LogP contribution is -2.22. The van der Waals surface area contributed by atoms with E-state index < -0.39 is 0 Å². The third-order valence-electron chi connectivity index (χ3n) is 2.78. The molecule has 2 N–H and O–H groups in total. The van der Waals surface area contributed by atoms with E-state index in [0.717, 1.165) is 19.4 Å². The molecule has 0 bridgehead atoms. The van der Waals surface area contributed by atoms with E-state index in [1.54, 1.807) is 0 Å². The maximum atomic E-state index is 6.16. The van der Waals surface area contributed by atoms with Gasteiger partial charge in [0.1, 0.15) is 0 Å². The molecule has 0 radical (unpaired) electrons. The second-order valence-corrected chi connectivity index (χ2v) is 3.89. The zero-order valence-corrected chi connectivity index (χ0v) is 9.40. The number of nitrogens with two attached hydrogens (primary N) is 1. The summed E-state index contributed by atoms with van der Waals surface area (Å²) >= 11 is 0. The summed E-state index contributed by atoms with van der Waals surface area (Å²) in [5, 5.41) is 4.28. The molecule has 1 aromatic rings. The van der Waals surface area contributed by atoms with Crippen molar-refractivity contribution in [3.8, 4) is 0 Å². The van der Waals surface area contributed by atoms with Gasteiger partial charge in [0.05, 0.1) is 5.69 Å². The lowest BCUT2D eigenvalue weighted by atomic mass is 9.97. The maximum Gasteiger partial charge on any atom is 0.0554 e. The summed E-state index contributed by atoms with van der Waals surface area (Å²) in [5.41, 5.74) is 7.33. The summed E-state index contributed by atoms with van der Waals surface area (Å²) in [6.07, 6.45) is 4.05. The first-order valence-corrected chi connectivity index (χ1v) is 5.48. The molecule has 0 saturated heterocycles. The van der Waals surface area contributed by atoms with Crippen LogP contribution in [-0.2, 0) is 6.54 Å². The summed E-state index contributed by atoms with van der Waals surface area (Å²) < 4.78 is 2.02. The van der Waals surface area contributed by atoms with E-state index in [4.69, 9.17) is 5.73 Å². The summed E-state index contributed by atoms with van der Waals surface area (Å²) in [6.45, 7) is 7.48. The van der Waals surface area contributed by atoms with Gasteiger partial charge in [-0.15, -0.1) is 0 Å². The predicted octanol–water partition coefficient (Wildman–Crippen LogP) is 2.34. The molecule has 2 atom stereocenters. The van der Waals surface area contributed by atoms with Crippen LogP contribution in [0.1, 0.15) is 45.3 Å². The van der Waals surface area contributed by atoms with Crippen LogP contribution in [0.15, 0.2) is 12.3 Å². The van der Waals surface area contributed by atoms with Crippen LogP contribution in [0.5, 0.6) is 0 Å². The number of aromatic nitrogens is 2. The van der Waals surface area contributed by atoms with Crippen molar-refractivity contribution in [3.05, 3.63) is 18.0 Å². The molecule has 0 fully saturated rings. The third kappa shape index (κ3) is 2.35. The molecule has 1 rings (SSSR count). The lowest BCUT2D eigenvalue weighted by Gasteiger charge is -2.19. The number of aryl methyl sites for hydroxylation is 1. The van der Waals surface area contributed by atoms with Crippen LogP contribution in [0, 0.1) is 5.92 Å². The van der Waals surface area contributed by atoms with E-state index in [0.29, 0.717) is 5.92 Å². The molecule has 1 aromatic heterocycles. The molecule has 0 aliphatic rings. The van der Waals surface area contributed by atoms with Gasteiger partial charge < -0.3 is 5.73 Å². The Hall–Kier alpha value is -0.830. The van der Waals surface area contributed by atoms with Crippen LogP contribution in [0.4, 0.5) is 0 Å². The summed E-state index contributed by atoms with van der Waals surface area (Å²) in [7, 11) is 0. The SMILES string of the molecule is CCCn1nccc1C(N)C(C)CC.